The van der Waals surface area contributed by atoms with E-state index in [0.29, 0.717) is 12.8 Å². The predicted molar refractivity (Wildman–Crippen MR) is 148 cm³/mol. The number of hydrogen-bond donors (Lipinski definition) is 3. The minimum atomic E-state index is -4.64. The summed E-state index contributed by atoms with van der Waals surface area (Å²) in [5.74, 6) is -4.98. The van der Waals surface area contributed by atoms with Crippen LogP contribution in [-0.2, 0) is 36.8 Å². The molecular formula is C30H39F3N4O6. The van der Waals surface area contributed by atoms with Gasteiger partial charge in [-0.1, -0.05) is 38.1 Å². The van der Waals surface area contributed by atoms with Gasteiger partial charge in [-0.15, -0.1) is 0 Å². The maximum Gasteiger partial charge on any atom is 0.408 e. The number of likely N-dealkylation sites (tertiary alicyclic amines) is 1. The van der Waals surface area contributed by atoms with Crippen molar-refractivity contribution in [2.24, 2.45) is 28.9 Å². The van der Waals surface area contributed by atoms with Gasteiger partial charge in [-0.25, -0.2) is 4.79 Å². The lowest BCUT2D eigenvalue weighted by Crippen LogP contribution is -2.59. The van der Waals surface area contributed by atoms with Crippen molar-refractivity contribution in [1.29, 1.82) is 0 Å². The predicted octanol–water partition coefficient (Wildman–Crippen LogP) is 2.66. The zero-order chi connectivity index (χ0) is 32.1. The lowest BCUT2D eigenvalue weighted by atomic mass is 9.93. The van der Waals surface area contributed by atoms with Gasteiger partial charge in [-0.05, 0) is 74.3 Å². The minimum Gasteiger partial charge on any atom is -0.444 e. The van der Waals surface area contributed by atoms with E-state index in [1.807, 2.05) is 38.1 Å². The molecule has 2 aliphatic carbocycles. The van der Waals surface area contributed by atoms with Crippen molar-refractivity contribution in [2.45, 2.75) is 90.2 Å². The molecule has 10 nitrogen and oxygen atoms in total. The Hall–Kier alpha value is -3.64. The summed E-state index contributed by atoms with van der Waals surface area (Å²) in [6, 6.07) is 3.68. The number of benzene rings is 1. The first-order chi connectivity index (χ1) is 19.8. The number of alkyl halides is 3. The van der Waals surface area contributed by atoms with Gasteiger partial charge in [0, 0.05) is 13.0 Å². The van der Waals surface area contributed by atoms with E-state index in [1.165, 1.54) is 4.90 Å². The summed E-state index contributed by atoms with van der Waals surface area (Å²) in [5, 5.41) is 5.01. The van der Waals surface area contributed by atoms with Crippen LogP contribution in [0.15, 0.2) is 24.3 Å². The van der Waals surface area contributed by atoms with Crippen LogP contribution < -0.4 is 16.4 Å². The third-order valence-corrected chi connectivity index (χ3v) is 8.84. The van der Waals surface area contributed by atoms with Gasteiger partial charge in [-0.2, -0.15) is 13.2 Å². The number of ketones is 1. The van der Waals surface area contributed by atoms with Gasteiger partial charge >= 0.3 is 12.3 Å². The Morgan fingerprint density at radius 1 is 1.05 bits per heavy atom. The fourth-order valence-electron chi connectivity index (χ4n) is 6.64. The summed E-state index contributed by atoms with van der Waals surface area (Å²) in [5.41, 5.74) is 5.94. The molecule has 0 aromatic heterocycles. The normalized spacial score (nSPS) is 23.9. The number of Topliss-reactive ketones (excluding diaryl/α,β-unsaturated/α-hetero) is 1. The first kappa shape index (κ1) is 32.3. The van der Waals surface area contributed by atoms with E-state index in [1.54, 1.807) is 20.8 Å². The van der Waals surface area contributed by atoms with Crippen LogP contribution in [0, 0.1) is 23.2 Å². The zero-order valence-corrected chi connectivity index (χ0v) is 24.9. The molecule has 0 radical (unpaired) electrons. The quantitative estimate of drug-likeness (QED) is 0.367. The zero-order valence-electron chi connectivity index (χ0n) is 24.9. The number of fused-ring (bicyclic) bond motifs is 2. The molecule has 4 amide bonds. The Kier molecular flexibility index (Phi) is 8.60. The number of carbonyl (C=O) groups excluding carboxylic acids is 5. The highest BCUT2D eigenvalue weighted by molar-refractivity contribution is 6.37. The number of rotatable bonds is 9. The molecule has 1 saturated heterocycles. The number of nitrogens with one attached hydrogen (secondary N) is 2. The van der Waals surface area contributed by atoms with E-state index in [0.717, 1.165) is 11.1 Å². The van der Waals surface area contributed by atoms with Crippen molar-refractivity contribution in [2.75, 3.05) is 6.54 Å². The second-order valence-electron chi connectivity index (χ2n) is 13.4. The number of halogens is 3. The number of nitrogens with two attached hydrogens (primary N) is 1. The van der Waals surface area contributed by atoms with E-state index in [2.05, 4.69) is 10.6 Å². The molecule has 4 N–H and O–H groups in total. The highest BCUT2D eigenvalue weighted by atomic mass is 19.4. The van der Waals surface area contributed by atoms with E-state index in [-0.39, 0.29) is 29.7 Å². The Bertz CT molecular complexity index is 1280. The fourth-order valence-corrected chi connectivity index (χ4v) is 6.64. The third kappa shape index (κ3) is 7.13. The molecule has 3 aliphatic rings. The third-order valence-electron chi connectivity index (χ3n) is 8.84. The van der Waals surface area contributed by atoms with Crippen LogP contribution in [0.4, 0.5) is 18.0 Å². The van der Waals surface area contributed by atoms with Crippen molar-refractivity contribution in [3.8, 4) is 0 Å². The molecule has 13 heteroatoms. The largest absolute Gasteiger partial charge is 0.444 e. The van der Waals surface area contributed by atoms with Crippen LogP contribution in [0.5, 0.6) is 0 Å². The summed E-state index contributed by atoms with van der Waals surface area (Å²) in [6.45, 7) is 9.08. The SMILES string of the molecule is CC(C)(C)OC(=O)N[C@H](C(=O)N1C[C@H]2[C@@H]([C@H]1C(=O)NC(CCC(F)(F)F)C(=O)C(N)=O)C2(C)C)C1Cc2ccccc2C1. The molecular weight excluding hydrogens is 569 g/mol. The molecule has 1 saturated carbocycles. The molecule has 1 unspecified atom stereocenters. The smallest absolute Gasteiger partial charge is 0.408 e. The lowest BCUT2D eigenvalue weighted by molar-refractivity contribution is -0.147. The number of primary amides is 1. The molecule has 236 valence electrons. The summed E-state index contributed by atoms with van der Waals surface area (Å²) in [7, 11) is 0. The van der Waals surface area contributed by atoms with Gasteiger partial charge in [0.25, 0.3) is 5.91 Å². The van der Waals surface area contributed by atoms with Gasteiger partial charge in [0.1, 0.15) is 17.7 Å². The number of carbonyl (C=O) groups is 5. The van der Waals surface area contributed by atoms with Crippen LogP contribution in [0.1, 0.15) is 58.6 Å². The van der Waals surface area contributed by atoms with Crippen molar-refractivity contribution in [3.63, 3.8) is 0 Å². The first-order valence-electron chi connectivity index (χ1n) is 14.4. The lowest BCUT2D eigenvalue weighted by Gasteiger charge is -2.35. The molecule has 0 bridgehead atoms. The fraction of sp³-hybridized carbons (Fsp3) is 0.633. The number of ether oxygens (including phenoxy) is 1. The summed E-state index contributed by atoms with van der Waals surface area (Å²) >= 11 is 0. The van der Waals surface area contributed by atoms with Crippen LogP contribution >= 0.6 is 0 Å². The second-order valence-corrected chi connectivity index (χ2v) is 13.4. The van der Waals surface area contributed by atoms with Crippen LogP contribution in [0.25, 0.3) is 0 Å². The average molecular weight is 609 g/mol. The Balaban J connectivity index is 1.60. The summed E-state index contributed by atoms with van der Waals surface area (Å²) in [4.78, 5) is 66.1. The number of nitrogens with zero attached hydrogens (tertiary/aromatic N) is 1. The standard InChI is InChI=1S/C30H39F3N4O6/c1-28(2,3)43-27(42)36-21(17-12-15-8-6-7-9-16(15)13-17)26(41)37-14-18-20(29(18,4)5)22(37)25(40)35-19(23(38)24(34)39)10-11-30(31,32)33/h6-9,17-22H,10-14H2,1-5H3,(H2,34,39)(H,35,40)(H,36,42)/t18-,19?,20-,21-,22-/m0/s1. The molecule has 1 aromatic rings. The number of amides is 4. The molecule has 2 fully saturated rings. The first-order valence-corrected chi connectivity index (χ1v) is 14.4. The number of alkyl carbamates (subject to hydrolysis) is 1. The molecule has 1 heterocycles. The molecule has 0 spiro atoms. The van der Waals surface area contributed by atoms with E-state index < -0.39 is 72.3 Å². The van der Waals surface area contributed by atoms with E-state index in [4.69, 9.17) is 10.5 Å². The molecule has 1 aliphatic heterocycles. The Morgan fingerprint density at radius 2 is 1.63 bits per heavy atom. The average Bonchev–Trinajstić information content (AvgIpc) is 3.26. The highest BCUT2D eigenvalue weighted by Gasteiger charge is 2.69. The van der Waals surface area contributed by atoms with Crippen molar-refractivity contribution < 1.29 is 41.9 Å². The van der Waals surface area contributed by atoms with Crippen molar-refractivity contribution >= 4 is 29.6 Å². The Morgan fingerprint density at radius 3 is 2.14 bits per heavy atom. The van der Waals surface area contributed by atoms with Gasteiger partial charge in [0.2, 0.25) is 17.6 Å². The Labute approximate surface area is 248 Å². The maximum atomic E-state index is 14.2. The maximum absolute atomic E-state index is 14.2. The van der Waals surface area contributed by atoms with Crippen LogP contribution in [0.3, 0.4) is 0 Å². The van der Waals surface area contributed by atoms with Crippen molar-refractivity contribution in [3.05, 3.63) is 35.4 Å². The molecule has 1 aromatic carbocycles. The van der Waals surface area contributed by atoms with Gasteiger partial charge in [-0.3, -0.25) is 19.2 Å². The monoisotopic (exact) mass is 608 g/mol. The minimum absolute atomic E-state index is 0.0874. The molecule has 5 atom stereocenters. The van der Waals surface area contributed by atoms with Gasteiger partial charge in [0.05, 0.1) is 6.04 Å². The van der Waals surface area contributed by atoms with Gasteiger partial charge < -0.3 is 26.0 Å². The number of hydrogen-bond acceptors (Lipinski definition) is 6. The summed E-state index contributed by atoms with van der Waals surface area (Å²) < 4.78 is 44.3. The van der Waals surface area contributed by atoms with E-state index >= 15 is 0 Å². The van der Waals surface area contributed by atoms with Crippen molar-refractivity contribution in [1.82, 2.24) is 15.5 Å². The van der Waals surface area contributed by atoms with Crippen LogP contribution in [0.2, 0.25) is 0 Å². The van der Waals surface area contributed by atoms with E-state index in [9.17, 15) is 37.1 Å². The second kappa shape index (κ2) is 11.5. The highest BCUT2D eigenvalue weighted by Crippen LogP contribution is 2.65. The molecule has 43 heavy (non-hydrogen) atoms. The number of piperidine rings is 1. The topological polar surface area (TPSA) is 148 Å². The van der Waals surface area contributed by atoms with Gasteiger partial charge in [0.15, 0.2) is 0 Å². The summed E-state index contributed by atoms with van der Waals surface area (Å²) in [6.07, 6.45) is -6.74. The van der Waals surface area contributed by atoms with Crippen LogP contribution in [-0.4, -0.2) is 70.9 Å². The molecule has 4 rings (SSSR count).